The van der Waals surface area contributed by atoms with Crippen molar-refractivity contribution in [1.82, 2.24) is 9.38 Å². The van der Waals surface area contributed by atoms with Gasteiger partial charge in [-0.15, -0.1) is 0 Å². The first-order chi connectivity index (χ1) is 9.06. The minimum absolute atomic E-state index is 0.0835. The van der Waals surface area contributed by atoms with E-state index in [2.05, 4.69) is 4.98 Å². The van der Waals surface area contributed by atoms with E-state index < -0.39 is 5.97 Å². The number of hydrogen-bond donors (Lipinski definition) is 0. The second-order valence-corrected chi connectivity index (χ2v) is 4.43. The molecule has 2 rings (SSSR count). The summed E-state index contributed by atoms with van der Waals surface area (Å²) in [7, 11) is 1.65. The van der Waals surface area contributed by atoms with Crippen LogP contribution in [-0.2, 0) is 9.47 Å². The van der Waals surface area contributed by atoms with Crippen molar-refractivity contribution in [3.8, 4) is 0 Å². The Morgan fingerprint density at radius 1 is 1.47 bits per heavy atom. The van der Waals surface area contributed by atoms with Crippen LogP contribution in [0.15, 0.2) is 18.5 Å². The molecule has 2 heterocycles. The Morgan fingerprint density at radius 2 is 2.21 bits per heavy atom. The summed E-state index contributed by atoms with van der Waals surface area (Å²) in [5.74, 6) is -0.403. The number of nitrogens with zero attached hydrogens (tertiary/aromatic N) is 2. The average molecular weight is 262 g/mol. The second kappa shape index (κ2) is 5.40. The largest absolute Gasteiger partial charge is 0.461 e. The Morgan fingerprint density at radius 3 is 2.84 bits per heavy atom. The lowest BCUT2D eigenvalue weighted by atomic mass is 10.1. The van der Waals surface area contributed by atoms with Gasteiger partial charge in [-0.3, -0.25) is 0 Å². The van der Waals surface area contributed by atoms with Gasteiger partial charge in [-0.2, -0.15) is 0 Å². The van der Waals surface area contributed by atoms with Crippen LogP contribution >= 0.6 is 0 Å². The van der Waals surface area contributed by atoms with Gasteiger partial charge in [-0.25, -0.2) is 9.78 Å². The highest BCUT2D eigenvalue weighted by molar-refractivity contribution is 5.88. The first kappa shape index (κ1) is 13.5. The third-order valence-electron chi connectivity index (χ3n) is 2.99. The number of esters is 1. The summed E-state index contributed by atoms with van der Waals surface area (Å²) in [4.78, 5) is 16.1. The quantitative estimate of drug-likeness (QED) is 0.794. The highest BCUT2D eigenvalue weighted by atomic mass is 16.5. The highest BCUT2D eigenvalue weighted by Crippen LogP contribution is 2.22. The SMILES string of the molecule is CCOC(=O)c1cn2cc(C)cc(C(C)OC)c2n1. The maximum absolute atomic E-state index is 11.7. The molecule has 5 heteroatoms. The lowest BCUT2D eigenvalue weighted by molar-refractivity contribution is 0.0520. The molecule has 102 valence electrons. The number of aryl methyl sites for hydroxylation is 1. The van der Waals surface area contributed by atoms with Gasteiger partial charge in [0.1, 0.15) is 5.65 Å². The summed E-state index contributed by atoms with van der Waals surface area (Å²) in [5, 5.41) is 0. The van der Waals surface area contributed by atoms with E-state index in [4.69, 9.17) is 9.47 Å². The molecule has 0 aliphatic rings. The number of fused-ring (bicyclic) bond motifs is 1. The van der Waals surface area contributed by atoms with Crippen molar-refractivity contribution in [2.75, 3.05) is 13.7 Å². The van der Waals surface area contributed by atoms with Gasteiger partial charge >= 0.3 is 5.97 Å². The van der Waals surface area contributed by atoms with Crippen molar-refractivity contribution in [3.63, 3.8) is 0 Å². The smallest absolute Gasteiger partial charge is 0.358 e. The Labute approximate surface area is 112 Å². The number of imidazole rings is 1. The van der Waals surface area contributed by atoms with Gasteiger partial charge < -0.3 is 13.9 Å². The molecule has 0 saturated heterocycles. The summed E-state index contributed by atoms with van der Waals surface area (Å²) < 4.78 is 12.2. The van der Waals surface area contributed by atoms with Crippen molar-refractivity contribution >= 4 is 11.6 Å². The molecular weight excluding hydrogens is 244 g/mol. The molecule has 0 aliphatic heterocycles. The number of carbonyl (C=O) groups excluding carboxylic acids is 1. The van der Waals surface area contributed by atoms with Crippen molar-refractivity contribution in [2.45, 2.75) is 26.9 Å². The van der Waals surface area contributed by atoms with E-state index in [0.717, 1.165) is 16.8 Å². The Balaban J connectivity index is 2.55. The van der Waals surface area contributed by atoms with E-state index in [9.17, 15) is 4.79 Å². The molecule has 0 aromatic carbocycles. The first-order valence-electron chi connectivity index (χ1n) is 6.26. The van der Waals surface area contributed by atoms with Crippen LogP contribution in [0.4, 0.5) is 0 Å². The molecule has 2 aromatic rings. The number of pyridine rings is 1. The third kappa shape index (κ3) is 2.61. The molecule has 1 unspecified atom stereocenters. The minimum atomic E-state index is -0.403. The highest BCUT2D eigenvalue weighted by Gasteiger charge is 2.16. The van der Waals surface area contributed by atoms with Crippen molar-refractivity contribution < 1.29 is 14.3 Å². The first-order valence-corrected chi connectivity index (χ1v) is 6.26. The third-order valence-corrected chi connectivity index (χ3v) is 2.99. The lowest BCUT2D eigenvalue weighted by Crippen LogP contribution is -2.04. The van der Waals surface area contributed by atoms with Gasteiger partial charge in [0.2, 0.25) is 0 Å². The van der Waals surface area contributed by atoms with Gasteiger partial charge in [0.25, 0.3) is 0 Å². The molecule has 0 radical (unpaired) electrons. The zero-order valence-electron chi connectivity index (χ0n) is 11.6. The number of rotatable bonds is 4. The topological polar surface area (TPSA) is 52.8 Å². The van der Waals surface area contributed by atoms with E-state index in [0.29, 0.717) is 12.3 Å². The standard InChI is InChI=1S/C14H18N2O3/c1-5-19-14(17)12-8-16-7-9(2)6-11(10(3)18-4)13(16)15-12/h6-8,10H,5H2,1-4H3. The molecular formula is C14H18N2O3. The molecule has 1 atom stereocenters. The van der Waals surface area contributed by atoms with E-state index in [-0.39, 0.29) is 6.10 Å². The fourth-order valence-corrected chi connectivity index (χ4v) is 2.00. The van der Waals surface area contributed by atoms with Crippen LogP contribution in [0.3, 0.4) is 0 Å². The van der Waals surface area contributed by atoms with Crippen LogP contribution in [0.25, 0.3) is 5.65 Å². The summed E-state index contributed by atoms with van der Waals surface area (Å²) in [6.45, 7) is 6.06. The van der Waals surface area contributed by atoms with Gasteiger partial charge in [0.15, 0.2) is 5.69 Å². The average Bonchev–Trinajstić information content (AvgIpc) is 2.80. The summed E-state index contributed by atoms with van der Waals surface area (Å²) in [6, 6.07) is 2.02. The number of aromatic nitrogens is 2. The zero-order valence-corrected chi connectivity index (χ0v) is 11.6. The fraction of sp³-hybridized carbons (Fsp3) is 0.429. The molecule has 0 bridgehead atoms. The lowest BCUT2D eigenvalue weighted by Gasteiger charge is -2.11. The minimum Gasteiger partial charge on any atom is -0.461 e. The molecule has 0 aliphatic carbocycles. The monoisotopic (exact) mass is 262 g/mol. The maximum Gasteiger partial charge on any atom is 0.358 e. The Hall–Kier alpha value is -1.88. The summed E-state index contributed by atoms with van der Waals surface area (Å²) in [5.41, 5.74) is 3.08. The van der Waals surface area contributed by atoms with Crippen LogP contribution in [0.5, 0.6) is 0 Å². The fourth-order valence-electron chi connectivity index (χ4n) is 2.00. The van der Waals surface area contributed by atoms with Crippen LogP contribution in [0.1, 0.15) is 41.6 Å². The molecule has 5 nitrogen and oxygen atoms in total. The van der Waals surface area contributed by atoms with Gasteiger partial charge in [-0.05, 0) is 32.4 Å². The number of hydrogen-bond acceptors (Lipinski definition) is 4. The van der Waals surface area contributed by atoms with Crippen LogP contribution < -0.4 is 0 Å². The van der Waals surface area contributed by atoms with Gasteiger partial charge in [0.05, 0.1) is 12.7 Å². The normalized spacial score (nSPS) is 12.6. The second-order valence-electron chi connectivity index (χ2n) is 4.43. The molecule has 0 N–H and O–H groups in total. The number of ether oxygens (including phenoxy) is 2. The van der Waals surface area contributed by atoms with Gasteiger partial charge in [0, 0.05) is 25.1 Å². The maximum atomic E-state index is 11.7. The van der Waals surface area contributed by atoms with E-state index in [1.807, 2.05) is 30.5 Å². The summed E-state index contributed by atoms with van der Waals surface area (Å²) >= 11 is 0. The molecule has 0 spiro atoms. The molecule has 0 amide bonds. The van der Waals surface area contributed by atoms with Crippen molar-refractivity contribution in [3.05, 3.63) is 35.3 Å². The van der Waals surface area contributed by atoms with Crippen LogP contribution in [0.2, 0.25) is 0 Å². The molecule has 0 saturated carbocycles. The van der Waals surface area contributed by atoms with Crippen LogP contribution in [-0.4, -0.2) is 29.1 Å². The van der Waals surface area contributed by atoms with E-state index in [1.165, 1.54) is 0 Å². The molecule has 0 fully saturated rings. The predicted octanol–water partition coefficient (Wildman–Crippen LogP) is 2.53. The van der Waals surface area contributed by atoms with Gasteiger partial charge in [-0.1, -0.05) is 0 Å². The Bertz CT molecular complexity index is 604. The van der Waals surface area contributed by atoms with E-state index in [1.54, 1.807) is 20.2 Å². The predicted molar refractivity (Wildman–Crippen MR) is 71.3 cm³/mol. The summed E-state index contributed by atoms with van der Waals surface area (Å²) in [6.07, 6.45) is 3.53. The Kier molecular flexibility index (Phi) is 3.85. The van der Waals surface area contributed by atoms with Crippen LogP contribution in [0, 0.1) is 6.92 Å². The molecule has 19 heavy (non-hydrogen) atoms. The molecule has 2 aromatic heterocycles. The number of carbonyl (C=O) groups is 1. The van der Waals surface area contributed by atoms with Crippen molar-refractivity contribution in [2.24, 2.45) is 0 Å². The number of methoxy groups -OCH3 is 1. The zero-order chi connectivity index (χ0) is 14.0. The van der Waals surface area contributed by atoms with E-state index >= 15 is 0 Å². The van der Waals surface area contributed by atoms with Crippen molar-refractivity contribution in [1.29, 1.82) is 0 Å².